The van der Waals surface area contributed by atoms with Crippen LogP contribution >= 0.6 is 0 Å². The Balaban J connectivity index is 1.45. The van der Waals surface area contributed by atoms with Crippen LogP contribution in [-0.4, -0.2) is 112 Å². The number of aliphatic hydroxyl groups excluding tert-OH is 1. The summed E-state index contributed by atoms with van der Waals surface area (Å²) in [4.78, 5) is 36.1. The van der Waals surface area contributed by atoms with Gasteiger partial charge in [0.05, 0.1) is 44.8 Å². The lowest BCUT2D eigenvalue weighted by Gasteiger charge is -2.35. The number of morpholine rings is 1. The number of fused-ring (bicyclic) bond motifs is 2. The lowest BCUT2D eigenvalue weighted by Crippen LogP contribution is -2.48. The van der Waals surface area contributed by atoms with E-state index in [4.69, 9.17) is 9.47 Å². The number of pyridine rings is 1. The lowest BCUT2D eigenvalue weighted by atomic mass is 10.0. The summed E-state index contributed by atoms with van der Waals surface area (Å²) in [6.07, 6.45) is 4.08. The van der Waals surface area contributed by atoms with E-state index in [0.717, 1.165) is 18.9 Å². The summed E-state index contributed by atoms with van der Waals surface area (Å²) >= 11 is 0. The van der Waals surface area contributed by atoms with Gasteiger partial charge < -0.3 is 34.6 Å². The molecule has 2 bridgehead atoms. The average molecular weight is 545 g/mol. The van der Waals surface area contributed by atoms with Crippen LogP contribution in [0, 0.1) is 5.92 Å². The number of rotatable bonds is 6. The molecule has 214 valence electrons. The highest BCUT2D eigenvalue weighted by molar-refractivity contribution is 5.89. The molecule has 3 amide bonds. The van der Waals surface area contributed by atoms with Crippen LogP contribution in [-0.2, 0) is 27.4 Å². The van der Waals surface area contributed by atoms with E-state index in [1.165, 1.54) is 0 Å². The molecule has 13 heteroatoms. The fraction of sp³-hybridized carbons (Fsp3) is 0.654. The number of likely N-dealkylation sites (N-methyl/N-ethyl adjacent to an activating group) is 1. The third-order valence-corrected chi connectivity index (χ3v) is 7.18. The van der Waals surface area contributed by atoms with Gasteiger partial charge in [-0.15, -0.1) is 5.10 Å². The maximum absolute atomic E-state index is 13.2. The van der Waals surface area contributed by atoms with Crippen molar-refractivity contribution in [1.82, 2.24) is 29.8 Å². The lowest BCUT2D eigenvalue weighted by molar-refractivity contribution is -0.136. The monoisotopic (exact) mass is 544 g/mol. The first-order valence-electron chi connectivity index (χ1n) is 13.6. The standard InChI is InChI=1S/C26H40N8O5/c1-19-14-34(20(2)17-35)25(36)5-4-8-33-15-22(29-30-33)18-39-23(19)16-31(3)26(37)28-21-6-7-27-24(13-21)32-9-11-38-12-10-32/h6-7,13,15,19-20,23,35H,4-5,8-12,14,16-18H2,1-3H3,(H,27,28,37)/t19-,20+,23-/m1/s1. The number of nitrogens with zero attached hydrogens (tertiary/aromatic N) is 7. The second-order valence-corrected chi connectivity index (χ2v) is 10.3. The number of amides is 3. The number of carbonyl (C=O) groups excluding carboxylic acids is 2. The molecule has 13 nitrogen and oxygen atoms in total. The van der Waals surface area contributed by atoms with Gasteiger partial charge in [0.25, 0.3) is 0 Å². The molecule has 0 radical (unpaired) electrons. The highest BCUT2D eigenvalue weighted by atomic mass is 16.5. The van der Waals surface area contributed by atoms with Crippen LogP contribution in [0.1, 0.15) is 32.4 Å². The van der Waals surface area contributed by atoms with Gasteiger partial charge in [0.1, 0.15) is 11.5 Å². The second-order valence-electron chi connectivity index (χ2n) is 10.3. The topological polar surface area (TPSA) is 138 Å². The number of carbonyl (C=O) groups is 2. The number of aromatic nitrogens is 4. The van der Waals surface area contributed by atoms with Gasteiger partial charge in [0.2, 0.25) is 5.91 Å². The van der Waals surface area contributed by atoms with E-state index in [-0.39, 0.29) is 43.7 Å². The van der Waals surface area contributed by atoms with Crippen LogP contribution in [0.2, 0.25) is 0 Å². The van der Waals surface area contributed by atoms with E-state index < -0.39 is 6.10 Å². The van der Waals surface area contributed by atoms with Crippen molar-refractivity contribution in [3.63, 3.8) is 0 Å². The number of hydrogen-bond acceptors (Lipinski definition) is 9. The first kappa shape index (κ1) is 28.7. The van der Waals surface area contributed by atoms with Crippen molar-refractivity contribution in [3.8, 4) is 0 Å². The molecule has 0 aromatic carbocycles. The van der Waals surface area contributed by atoms with E-state index in [1.807, 2.05) is 26.1 Å². The van der Waals surface area contributed by atoms with Gasteiger partial charge in [0.15, 0.2) is 0 Å². The SMILES string of the molecule is C[C@@H]1CN([C@@H](C)CO)C(=O)CCCn2cc(nn2)CO[C@@H]1CN(C)C(=O)Nc1ccnc(N2CCOCC2)c1. The molecule has 0 saturated carbocycles. The largest absolute Gasteiger partial charge is 0.394 e. The van der Waals surface area contributed by atoms with Gasteiger partial charge in [-0.05, 0) is 19.4 Å². The van der Waals surface area contributed by atoms with Crippen molar-refractivity contribution in [3.05, 3.63) is 30.2 Å². The van der Waals surface area contributed by atoms with Crippen molar-refractivity contribution < 1.29 is 24.2 Å². The molecule has 4 heterocycles. The molecule has 2 aliphatic heterocycles. The summed E-state index contributed by atoms with van der Waals surface area (Å²) in [5.74, 6) is 0.645. The fourth-order valence-electron chi connectivity index (χ4n) is 4.73. The maximum atomic E-state index is 13.2. The molecule has 0 spiro atoms. The zero-order valence-corrected chi connectivity index (χ0v) is 23.0. The first-order valence-corrected chi connectivity index (χ1v) is 13.6. The van der Waals surface area contributed by atoms with Gasteiger partial charge in [-0.3, -0.25) is 9.48 Å². The summed E-state index contributed by atoms with van der Waals surface area (Å²) in [6.45, 7) is 8.01. The number of aliphatic hydroxyl groups is 1. The molecule has 2 aromatic heterocycles. The first-order chi connectivity index (χ1) is 18.8. The predicted octanol–water partition coefficient (Wildman–Crippen LogP) is 1.20. The van der Waals surface area contributed by atoms with E-state index >= 15 is 0 Å². The van der Waals surface area contributed by atoms with Crippen LogP contribution in [0.5, 0.6) is 0 Å². The second kappa shape index (κ2) is 13.7. The number of anilines is 2. The minimum atomic E-state index is -0.394. The molecule has 2 aromatic rings. The molecular formula is C26H40N8O5. The molecule has 1 fully saturated rings. The van der Waals surface area contributed by atoms with Gasteiger partial charge in [0, 0.05) is 70.1 Å². The normalized spacial score (nSPS) is 21.9. The Kier molecular flexibility index (Phi) is 10.1. The number of nitrogens with one attached hydrogen (secondary N) is 1. The molecular weight excluding hydrogens is 504 g/mol. The predicted molar refractivity (Wildman–Crippen MR) is 144 cm³/mol. The average Bonchev–Trinajstić information content (AvgIpc) is 3.41. The smallest absolute Gasteiger partial charge is 0.321 e. The number of ether oxygens (including phenoxy) is 2. The van der Waals surface area contributed by atoms with Crippen LogP contribution in [0.3, 0.4) is 0 Å². The van der Waals surface area contributed by atoms with Crippen molar-refractivity contribution >= 4 is 23.4 Å². The Hall–Kier alpha value is -3.29. The van der Waals surface area contributed by atoms with Crippen molar-refractivity contribution in [2.45, 2.75) is 52.0 Å². The third-order valence-electron chi connectivity index (χ3n) is 7.18. The van der Waals surface area contributed by atoms with Gasteiger partial charge in [-0.2, -0.15) is 0 Å². The zero-order valence-electron chi connectivity index (χ0n) is 23.0. The Labute approximate surface area is 229 Å². The Morgan fingerprint density at radius 1 is 1.31 bits per heavy atom. The third kappa shape index (κ3) is 7.87. The molecule has 4 rings (SSSR count). The Morgan fingerprint density at radius 3 is 2.87 bits per heavy atom. The Morgan fingerprint density at radius 2 is 2.10 bits per heavy atom. The minimum absolute atomic E-state index is 0.0263. The molecule has 0 aliphatic carbocycles. The molecule has 1 saturated heterocycles. The van der Waals surface area contributed by atoms with Crippen LogP contribution in [0.4, 0.5) is 16.3 Å². The van der Waals surface area contributed by atoms with E-state index in [0.29, 0.717) is 50.5 Å². The van der Waals surface area contributed by atoms with Crippen molar-refractivity contribution in [2.24, 2.45) is 5.92 Å². The summed E-state index contributed by atoms with van der Waals surface area (Å²) in [5, 5.41) is 21.1. The Bertz CT molecular complexity index is 1090. The summed E-state index contributed by atoms with van der Waals surface area (Å²) in [7, 11) is 1.71. The quantitative estimate of drug-likeness (QED) is 0.549. The fourth-order valence-corrected chi connectivity index (χ4v) is 4.73. The summed E-state index contributed by atoms with van der Waals surface area (Å²) in [6, 6.07) is 3.02. The van der Waals surface area contributed by atoms with Crippen molar-refractivity contribution in [2.75, 3.05) is 63.3 Å². The van der Waals surface area contributed by atoms with Crippen LogP contribution in [0.15, 0.2) is 24.5 Å². The summed E-state index contributed by atoms with van der Waals surface area (Å²) < 4.78 is 13.4. The highest BCUT2D eigenvalue weighted by Crippen LogP contribution is 2.20. The van der Waals surface area contributed by atoms with Gasteiger partial charge in [-0.1, -0.05) is 12.1 Å². The molecule has 2 N–H and O–H groups in total. The number of urea groups is 1. The van der Waals surface area contributed by atoms with Gasteiger partial charge in [-0.25, -0.2) is 9.78 Å². The number of hydrogen-bond donors (Lipinski definition) is 2. The zero-order chi connectivity index (χ0) is 27.8. The molecule has 0 unspecified atom stereocenters. The maximum Gasteiger partial charge on any atom is 0.321 e. The molecule has 3 atom stereocenters. The molecule has 39 heavy (non-hydrogen) atoms. The van der Waals surface area contributed by atoms with Crippen LogP contribution in [0.25, 0.3) is 0 Å². The molecule has 2 aliphatic rings. The van der Waals surface area contributed by atoms with E-state index in [2.05, 4.69) is 25.5 Å². The number of aryl methyl sites for hydroxylation is 1. The highest BCUT2D eigenvalue weighted by Gasteiger charge is 2.29. The van der Waals surface area contributed by atoms with Gasteiger partial charge >= 0.3 is 6.03 Å². The van der Waals surface area contributed by atoms with E-state index in [9.17, 15) is 14.7 Å². The van der Waals surface area contributed by atoms with Crippen LogP contribution < -0.4 is 10.2 Å². The van der Waals surface area contributed by atoms with Crippen molar-refractivity contribution in [1.29, 1.82) is 0 Å². The minimum Gasteiger partial charge on any atom is -0.394 e. The van der Waals surface area contributed by atoms with E-state index in [1.54, 1.807) is 33.8 Å². The summed E-state index contributed by atoms with van der Waals surface area (Å²) in [5.41, 5.74) is 1.34.